The molecule has 0 fully saturated rings. The number of hydrogen-bond donors (Lipinski definition) is 2. The van der Waals surface area contributed by atoms with Crippen molar-refractivity contribution in [2.45, 2.75) is 19.6 Å². The number of carbonyl (C=O) groups excluding carboxylic acids is 1. The summed E-state index contributed by atoms with van der Waals surface area (Å²) in [4.78, 5) is 21.3. The van der Waals surface area contributed by atoms with Gasteiger partial charge in [-0.05, 0) is 19.1 Å². The summed E-state index contributed by atoms with van der Waals surface area (Å²) in [6, 6.07) is 2.16. The van der Waals surface area contributed by atoms with E-state index in [1.54, 1.807) is 0 Å². The van der Waals surface area contributed by atoms with E-state index < -0.39 is 12.0 Å². The fourth-order valence-electron chi connectivity index (χ4n) is 1.32. The Bertz CT molecular complexity index is 356. The molecule has 0 saturated heterocycles. The Morgan fingerprint density at radius 1 is 1.64 bits per heavy atom. The highest BCUT2D eigenvalue weighted by Gasteiger charge is 2.18. The van der Waals surface area contributed by atoms with E-state index in [1.165, 1.54) is 23.6 Å². The first-order valence-electron chi connectivity index (χ1n) is 4.10. The molecule has 0 saturated carbocycles. The van der Waals surface area contributed by atoms with E-state index in [9.17, 15) is 9.59 Å². The van der Waals surface area contributed by atoms with Crippen molar-refractivity contribution in [3.05, 3.63) is 23.5 Å². The summed E-state index contributed by atoms with van der Waals surface area (Å²) in [5.41, 5.74) is 0.672. The van der Waals surface area contributed by atoms with Crippen molar-refractivity contribution in [1.82, 2.24) is 4.57 Å². The average Bonchev–Trinajstić information content (AvgIpc) is 2.58. The van der Waals surface area contributed by atoms with E-state index in [-0.39, 0.29) is 12.3 Å². The standard InChI is InChI=1S/C9H11NO4/c1-6(9(13)14)10-7(4-11)2-3-8(10)5-12/h2-4,6,12H,5H2,1H3,(H,13,14). The minimum atomic E-state index is -1.04. The Hall–Kier alpha value is -1.62. The van der Waals surface area contributed by atoms with E-state index in [1.807, 2.05) is 0 Å². The predicted molar refractivity (Wildman–Crippen MR) is 48.1 cm³/mol. The summed E-state index contributed by atoms with van der Waals surface area (Å²) >= 11 is 0. The van der Waals surface area contributed by atoms with Gasteiger partial charge in [0.25, 0.3) is 0 Å². The number of carboxylic acid groups (broad SMARTS) is 1. The second-order valence-electron chi connectivity index (χ2n) is 2.91. The van der Waals surface area contributed by atoms with Crippen LogP contribution in [-0.2, 0) is 11.4 Å². The molecule has 0 aromatic carbocycles. The molecule has 1 aromatic heterocycles. The Labute approximate surface area is 80.6 Å². The third-order valence-electron chi connectivity index (χ3n) is 2.06. The maximum atomic E-state index is 10.7. The molecular weight excluding hydrogens is 186 g/mol. The van der Waals surface area contributed by atoms with Crippen LogP contribution in [0.15, 0.2) is 12.1 Å². The van der Waals surface area contributed by atoms with Gasteiger partial charge in [-0.2, -0.15) is 0 Å². The Balaban J connectivity index is 3.20. The fraction of sp³-hybridized carbons (Fsp3) is 0.333. The molecule has 0 aliphatic carbocycles. The molecule has 1 aromatic rings. The molecule has 5 nitrogen and oxygen atoms in total. The van der Waals surface area contributed by atoms with Crippen molar-refractivity contribution in [3.63, 3.8) is 0 Å². The lowest BCUT2D eigenvalue weighted by Gasteiger charge is -2.13. The number of aldehydes is 1. The summed E-state index contributed by atoms with van der Waals surface area (Å²) in [5, 5.41) is 17.7. The third-order valence-corrected chi connectivity index (χ3v) is 2.06. The highest BCUT2D eigenvalue weighted by atomic mass is 16.4. The van der Waals surface area contributed by atoms with E-state index >= 15 is 0 Å². The maximum Gasteiger partial charge on any atom is 0.326 e. The van der Waals surface area contributed by atoms with Crippen molar-refractivity contribution < 1.29 is 19.8 Å². The van der Waals surface area contributed by atoms with Gasteiger partial charge in [-0.3, -0.25) is 4.79 Å². The van der Waals surface area contributed by atoms with Crippen LogP contribution in [-0.4, -0.2) is 27.0 Å². The second kappa shape index (κ2) is 4.06. The summed E-state index contributed by atoms with van der Waals surface area (Å²) in [6.45, 7) is 1.17. The van der Waals surface area contributed by atoms with Gasteiger partial charge < -0.3 is 14.8 Å². The van der Waals surface area contributed by atoms with Crippen LogP contribution < -0.4 is 0 Å². The van der Waals surface area contributed by atoms with Gasteiger partial charge in [0.05, 0.1) is 12.3 Å². The van der Waals surface area contributed by atoms with Crippen LogP contribution >= 0.6 is 0 Å². The highest BCUT2D eigenvalue weighted by molar-refractivity contribution is 5.77. The lowest BCUT2D eigenvalue weighted by atomic mass is 10.3. The van der Waals surface area contributed by atoms with Gasteiger partial charge in [0.2, 0.25) is 0 Å². The molecule has 14 heavy (non-hydrogen) atoms. The number of rotatable bonds is 4. The molecule has 1 unspecified atom stereocenters. The monoisotopic (exact) mass is 197 g/mol. The summed E-state index contributed by atoms with van der Waals surface area (Å²) in [5.74, 6) is -1.04. The molecule has 0 aliphatic heterocycles. The van der Waals surface area contributed by atoms with Gasteiger partial charge in [-0.15, -0.1) is 0 Å². The summed E-state index contributed by atoms with van der Waals surface area (Å²) in [6.07, 6.45) is 0.568. The highest BCUT2D eigenvalue weighted by Crippen LogP contribution is 2.15. The van der Waals surface area contributed by atoms with Crippen LogP contribution in [0.1, 0.15) is 29.1 Å². The van der Waals surface area contributed by atoms with Gasteiger partial charge in [-0.25, -0.2) is 4.79 Å². The van der Waals surface area contributed by atoms with Crippen LogP contribution in [0, 0.1) is 0 Å². The lowest BCUT2D eigenvalue weighted by Crippen LogP contribution is -2.19. The van der Waals surface area contributed by atoms with E-state index in [0.29, 0.717) is 12.0 Å². The zero-order chi connectivity index (χ0) is 10.7. The van der Waals surface area contributed by atoms with Crippen molar-refractivity contribution >= 4 is 12.3 Å². The van der Waals surface area contributed by atoms with Gasteiger partial charge in [-0.1, -0.05) is 0 Å². The van der Waals surface area contributed by atoms with E-state index in [2.05, 4.69) is 0 Å². The van der Waals surface area contributed by atoms with E-state index in [0.717, 1.165) is 0 Å². The number of aliphatic hydroxyl groups is 1. The summed E-state index contributed by atoms with van der Waals surface area (Å²) in [7, 11) is 0. The largest absolute Gasteiger partial charge is 0.480 e. The van der Waals surface area contributed by atoms with Gasteiger partial charge in [0, 0.05) is 5.69 Å². The topological polar surface area (TPSA) is 79.5 Å². The Morgan fingerprint density at radius 2 is 2.29 bits per heavy atom. The first-order chi connectivity index (χ1) is 6.61. The lowest BCUT2D eigenvalue weighted by molar-refractivity contribution is -0.140. The van der Waals surface area contributed by atoms with Gasteiger partial charge >= 0.3 is 5.97 Å². The number of carboxylic acids is 1. The number of aromatic nitrogens is 1. The van der Waals surface area contributed by atoms with Crippen LogP contribution in [0.4, 0.5) is 0 Å². The molecule has 0 spiro atoms. The second-order valence-corrected chi connectivity index (χ2v) is 2.91. The first kappa shape index (κ1) is 10.5. The number of carbonyl (C=O) groups is 2. The smallest absolute Gasteiger partial charge is 0.326 e. The van der Waals surface area contributed by atoms with Crippen LogP contribution in [0.3, 0.4) is 0 Å². The van der Waals surface area contributed by atoms with Crippen LogP contribution in [0.2, 0.25) is 0 Å². The minimum Gasteiger partial charge on any atom is -0.480 e. The van der Waals surface area contributed by atoms with Gasteiger partial charge in [0.15, 0.2) is 6.29 Å². The normalized spacial score (nSPS) is 12.4. The molecule has 0 aliphatic rings. The molecule has 0 bridgehead atoms. The number of aliphatic carboxylic acids is 1. The fourth-order valence-corrected chi connectivity index (χ4v) is 1.32. The Morgan fingerprint density at radius 3 is 2.71 bits per heavy atom. The Kier molecular flexibility index (Phi) is 3.03. The van der Waals surface area contributed by atoms with Crippen molar-refractivity contribution in [2.24, 2.45) is 0 Å². The zero-order valence-electron chi connectivity index (χ0n) is 7.67. The SMILES string of the molecule is CC(C(=O)O)n1c(C=O)ccc1CO. The average molecular weight is 197 g/mol. The molecule has 1 heterocycles. The minimum absolute atomic E-state index is 0.254. The number of hydrogen-bond acceptors (Lipinski definition) is 3. The predicted octanol–water partition coefficient (Wildman–Crippen LogP) is 0.439. The molecular formula is C9H11NO4. The van der Waals surface area contributed by atoms with Crippen LogP contribution in [0.5, 0.6) is 0 Å². The number of aliphatic hydroxyl groups excluding tert-OH is 1. The number of nitrogens with zero attached hydrogens (tertiary/aromatic N) is 1. The molecule has 0 radical (unpaired) electrons. The van der Waals surface area contributed by atoms with Crippen LogP contribution in [0.25, 0.3) is 0 Å². The molecule has 5 heteroatoms. The molecule has 1 rings (SSSR count). The first-order valence-corrected chi connectivity index (χ1v) is 4.10. The third kappa shape index (κ3) is 1.67. The zero-order valence-corrected chi connectivity index (χ0v) is 7.67. The van der Waals surface area contributed by atoms with E-state index in [4.69, 9.17) is 10.2 Å². The molecule has 76 valence electrons. The molecule has 1 atom stereocenters. The quantitative estimate of drug-likeness (QED) is 0.686. The van der Waals surface area contributed by atoms with Gasteiger partial charge in [0.1, 0.15) is 6.04 Å². The van der Waals surface area contributed by atoms with Crippen molar-refractivity contribution in [3.8, 4) is 0 Å². The molecule has 2 N–H and O–H groups in total. The molecule has 0 amide bonds. The van der Waals surface area contributed by atoms with Crippen molar-refractivity contribution in [1.29, 1.82) is 0 Å². The summed E-state index contributed by atoms with van der Waals surface area (Å²) < 4.78 is 1.30. The van der Waals surface area contributed by atoms with Crippen molar-refractivity contribution in [2.75, 3.05) is 0 Å². The maximum absolute atomic E-state index is 10.7.